The van der Waals surface area contributed by atoms with Crippen LogP contribution in [0.25, 0.3) is 10.9 Å². The van der Waals surface area contributed by atoms with Crippen LogP contribution >= 0.6 is 0 Å². The number of aromatic nitrogens is 1. The molecule has 2 rings (SSSR count). The molecule has 0 atom stereocenters. The Morgan fingerprint density at radius 2 is 2.29 bits per heavy atom. The molecule has 0 radical (unpaired) electrons. The van der Waals surface area contributed by atoms with Gasteiger partial charge < -0.3 is 10.3 Å². The molecule has 0 aliphatic heterocycles. The van der Waals surface area contributed by atoms with Crippen LogP contribution in [0.15, 0.2) is 22.7 Å². The van der Waals surface area contributed by atoms with Gasteiger partial charge in [-0.25, -0.2) is 0 Å². The average molecular weight is 190 g/mol. The monoisotopic (exact) mass is 190 g/mol. The molecule has 0 spiro atoms. The molecule has 2 aromatic rings. The minimum atomic E-state index is 0.671. The van der Waals surface area contributed by atoms with Crippen molar-refractivity contribution in [2.45, 2.75) is 19.8 Å². The lowest BCUT2D eigenvalue weighted by Crippen LogP contribution is -2.02. The number of hydrogen-bond donors (Lipinski definition) is 1. The summed E-state index contributed by atoms with van der Waals surface area (Å²) in [7, 11) is 0. The highest BCUT2D eigenvalue weighted by Crippen LogP contribution is 2.20. The van der Waals surface area contributed by atoms with Crippen molar-refractivity contribution in [3.05, 3.63) is 29.5 Å². The van der Waals surface area contributed by atoms with Crippen molar-refractivity contribution in [3.8, 4) is 0 Å². The molecule has 0 fully saturated rings. The van der Waals surface area contributed by atoms with Gasteiger partial charge in [-0.2, -0.15) is 0 Å². The van der Waals surface area contributed by atoms with E-state index in [1.165, 1.54) is 5.56 Å². The summed E-state index contributed by atoms with van der Waals surface area (Å²) >= 11 is 0. The maximum absolute atomic E-state index is 5.49. The molecule has 0 amide bonds. The van der Waals surface area contributed by atoms with Crippen molar-refractivity contribution in [1.82, 2.24) is 5.16 Å². The van der Waals surface area contributed by atoms with E-state index in [4.69, 9.17) is 10.3 Å². The summed E-state index contributed by atoms with van der Waals surface area (Å²) in [6.45, 7) is 2.73. The van der Waals surface area contributed by atoms with Gasteiger partial charge in [0.05, 0.1) is 0 Å². The fourth-order valence-corrected chi connectivity index (χ4v) is 1.62. The van der Waals surface area contributed by atoms with Crippen LogP contribution in [0.5, 0.6) is 0 Å². The Morgan fingerprint density at radius 1 is 1.43 bits per heavy atom. The van der Waals surface area contributed by atoms with Crippen LogP contribution in [0.4, 0.5) is 0 Å². The molecule has 1 aromatic heterocycles. The van der Waals surface area contributed by atoms with Crippen molar-refractivity contribution in [2.75, 3.05) is 6.54 Å². The second-order valence-corrected chi connectivity index (χ2v) is 3.35. The van der Waals surface area contributed by atoms with Crippen molar-refractivity contribution < 1.29 is 4.52 Å². The van der Waals surface area contributed by atoms with E-state index >= 15 is 0 Å². The van der Waals surface area contributed by atoms with Crippen LogP contribution < -0.4 is 5.73 Å². The highest BCUT2D eigenvalue weighted by atomic mass is 16.5. The van der Waals surface area contributed by atoms with E-state index in [0.29, 0.717) is 6.54 Å². The van der Waals surface area contributed by atoms with E-state index in [1.807, 2.05) is 6.07 Å². The molecule has 0 aliphatic rings. The second-order valence-electron chi connectivity index (χ2n) is 3.35. The first kappa shape index (κ1) is 9.21. The van der Waals surface area contributed by atoms with Crippen molar-refractivity contribution in [2.24, 2.45) is 5.73 Å². The summed E-state index contributed by atoms with van der Waals surface area (Å²) in [5.41, 5.74) is 7.65. The molecule has 0 saturated heterocycles. The Kier molecular flexibility index (Phi) is 2.50. The molecule has 3 heteroatoms. The lowest BCUT2D eigenvalue weighted by atomic mass is 10.1. The number of fused-ring (bicyclic) bond motifs is 1. The molecule has 74 valence electrons. The molecule has 14 heavy (non-hydrogen) atoms. The van der Waals surface area contributed by atoms with Crippen molar-refractivity contribution in [1.29, 1.82) is 0 Å². The van der Waals surface area contributed by atoms with Gasteiger partial charge in [-0.15, -0.1) is 0 Å². The van der Waals surface area contributed by atoms with Gasteiger partial charge in [-0.05, 0) is 30.7 Å². The van der Waals surface area contributed by atoms with Crippen LogP contribution in [0.2, 0.25) is 0 Å². The summed E-state index contributed by atoms with van der Waals surface area (Å²) in [5.74, 6) is 0.958. The van der Waals surface area contributed by atoms with Gasteiger partial charge in [-0.3, -0.25) is 0 Å². The second kappa shape index (κ2) is 3.80. The highest BCUT2D eigenvalue weighted by Gasteiger charge is 2.06. The van der Waals surface area contributed by atoms with Gasteiger partial charge >= 0.3 is 0 Å². The fourth-order valence-electron chi connectivity index (χ4n) is 1.62. The number of benzene rings is 1. The first-order valence-electron chi connectivity index (χ1n) is 4.92. The maximum atomic E-state index is 5.49. The molecule has 1 aromatic carbocycles. The van der Waals surface area contributed by atoms with Crippen LogP contribution in [0.1, 0.15) is 18.2 Å². The van der Waals surface area contributed by atoms with E-state index in [1.54, 1.807) is 0 Å². The Morgan fingerprint density at radius 3 is 3.00 bits per heavy atom. The number of hydrogen-bond acceptors (Lipinski definition) is 3. The third-order valence-corrected chi connectivity index (χ3v) is 2.37. The summed E-state index contributed by atoms with van der Waals surface area (Å²) in [5, 5.41) is 5.14. The van der Waals surface area contributed by atoms with Gasteiger partial charge in [0.1, 0.15) is 11.3 Å². The third-order valence-electron chi connectivity index (χ3n) is 2.37. The minimum absolute atomic E-state index is 0.671. The zero-order chi connectivity index (χ0) is 9.97. The normalized spacial score (nSPS) is 11.0. The Labute approximate surface area is 82.9 Å². The summed E-state index contributed by atoms with van der Waals surface area (Å²) in [4.78, 5) is 0. The molecular weight excluding hydrogens is 176 g/mol. The topological polar surface area (TPSA) is 52.0 Å². The molecule has 0 aliphatic carbocycles. The quantitative estimate of drug-likeness (QED) is 0.804. The standard InChI is InChI=1S/C11H14N2O/c1-2-11-9-4-3-8(5-6-12)7-10(9)13-14-11/h3-4,7H,2,5-6,12H2,1H3. The molecule has 3 nitrogen and oxygen atoms in total. The van der Waals surface area contributed by atoms with Crippen LogP contribution in [0, 0.1) is 0 Å². The molecule has 0 saturated carbocycles. The lowest BCUT2D eigenvalue weighted by Gasteiger charge is -1.97. The molecular formula is C11H14N2O. The number of nitrogens with zero attached hydrogens (tertiary/aromatic N) is 1. The minimum Gasteiger partial charge on any atom is -0.360 e. The first-order chi connectivity index (χ1) is 6.85. The van der Waals surface area contributed by atoms with Gasteiger partial charge in [0.15, 0.2) is 0 Å². The van der Waals surface area contributed by atoms with Gasteiger partial charge in [0.2, 0.25) is 0 Å². The van der Waals surface area contributed by atoms with Crippen LogP contribution in [0.3, 0.4) is 0 Å². The zero-order valence-electron chi connectivity index (χ0n) is 8.29. The summed E-state index contributed by atoms with van der Waals surface area (Å²) in [6.07, 6.45) is 1.77. The first-order valence-corrected chi connectivity index (χ1v) is 4.92. The Bertz CT molecular complexity index is 434. The van der Waals surface area contributed by atoms with E-state index in [2.05, 4.69) is 24.2 Å². The van der Waals surface area contributed by atoms with E-state index in [9.17, 15) is 0 Å². The predicted molar refractivity (Wildman–Crippen MR) is 56.1 cm³/mol. The van der Waals surface area contributed by atoms with Crippen LogP contribution in [-0.2, 0) is 12.8 Å². The number of nitrogens with two attached hydrogens (primary N) is 1. The predicted octanol–water partition coefficient (Wildman–Crippen LogP) is 1.89. The van der Waals surface area contributed by atoms with Gasteiger partial charge in [0.25, 0.3) is 0 Å². The number of rotatable bonds is 3. The Hall–Kier alpha value is -1.35. The molecule has 1 heterocycles. The maximum Gasteiger partial charge on any atom is 0.144 e. The van der Waals surface area contributed by atoms with Gasteiger partial charge in [0, 0.05) is 11.8 Å². The smallest absolute Gasteiger partial charge is 0.144 e. The van der Waals surface area contributed by atoms with Crippen molar-refractivity contribution in [3.63, 3.8) is 0 Å². The van der Waals surface area contributed by atoms with Crippen LogP contribution in [-0.4, -0.2) is 11.7 Å². The van der Waals surface area contributed by atoms with Crippen molar-refractivity contribution >= 4 is 10.9 Å². The number of aryl methyl sites for hydroxylation is 1. The molecule has 0 bridgehead atoms. The zero-order valence-corrected chi connectivity index (χ0v) is 8.29. The highest BCUT2D eigenvalue weighted by molar-refractivity contribution is 5.81. The average Bonchev–Trinajstić information content (AvgIpc) is 2.60. The fraction of sp³-hybridized carbons (Fsp3) is 0.364. The summed E-state index contributed by atoms with van der Waals surface area (Å²) < 4.78 is 5.22. The largest absolute Gasteiger partial charge is 0.360 e. The Balaban J connectivity index is 2.46. The SMILES string of the molecule is CCc1onc2cc(CCN)ccc12. The molecule has 0 unspecified atom stereocenters. The van der Waals surface area contributed by atoms with E-state index < -0.39 is 0 Å². The van der Waals surface area contributed by atoms with E-state index in [0.717, 1.165) is 29.5 Å². The third kappa shape index (κ3) is 1.51. The molecule has 2 N–H and O–H groups in total. The lowest BCUT2D eigenvalue weighted by molar-refractivity contribution is 0.395. The van der Waals surface area contributed by atoms with E-state index in [-0.39, 0.29) is 0 Å². The summed E-state index contributed by atoms with van der Waals surface area (Å²) in [6, 6.07) is 6.20. The van der Waals surface area contributed by atoms with Gasteiger partial charge in [-0.1, -0.05) is 18.1 Å².